The van der Waals surface area contributed by atoms with Crippen molar-refractivity contribution in [3.63, 3.8) is 0 Å². The topological polar surface area (TPSA) is 67.1 Å². The summed E-state index contributed by atoms with van der Waals surface area (Å²) in [5.74, 6) is 6.35. The van der Waals surface area contributed by atoms with E-state index in [4.69, 9.17) is 29.0 Å². The molecule has 0 aliphatic rings. The van der Waals surface area contributed by atoms with Crippen LogP contribution in [0.5, 0.6) is 0 Å². The molecule has 0 fully saturated rings. The molecule has 0 saturated carbocycles. The van der Waals surface area contributed by atoms with E-state index in [-0.39, 0.29) is 0 Å². The highest BCUT2D eigenvalue weighted by molar-refractivity contribution is 7.09. The monoisotopic (exact) mass is 317 g/mol. The van der Waals surface area contributed by atoms with Crippen molar-refractivity contribution in [1.29, 1.82) is 0 Å². The van der Waals surface area contributed by atoms with Gasteiger partial charge in [0, 0.05) is 12.4 Å². The fourth-order valence-corrected chi connectivity index (χ4v) is 2.79. The molecule has 2 heterocycles. The van der Waals surface area contributed by atoms with Crippen molar-refractivity contribution in [3.8, 4) is 0 Å². The van der Waals surface area contributed by atoms with Crippen LogP contribution in [0.15, 0.2) is 11.4 Å². The summed E-state index contributed by atoms with van der Waals surface area (Å²) in [6, 6.07) is 1.61. The van der Waals surface area contributed by atoms with Gasteiger partial charge in [0.25, 0.3) is 0 Å². The predicted octanol–water partition coefficient (Wildman–Crippen LogP) is 3.08. The quantitative estimate of drug-likeness (QED) is 0.670. The third kappa shape index (κ3) is 3.27. The molecule has 0 atom stereocenters. The van der Waals surface area contributed by atoms with Gasteiger partial charge < -0.3 is 10.3 Å². The molecule has 0 amide bonds. The van der Waals surface area contributed by atoms with Gasteiger partial charge >= 0.3 is 0 Å². The normalized spacial score (nSPS) is 10.6. The van der Waals surface area contributed by atoms with Crippen molar-refractivity contribution in [3.05, 3.63) is 32.2 Å². The summed E-state index contributed by atoms with van der Waals surface area (Å²) in [5.41, 5.74) is 3.42. The molecular formula is C11H13Cl2N5S. The average Bonchev–Trinajstić information content (AvgIpc) is 2.74. The molecule has 0 spiro atoms. The van der Waals surface area contributed by atoms with Crippen LogP contribution in [0.3, 0.4) is 0 Å². The first-order chi connectivity index (χ1) is 9.01. The molecule has 2 aromatic rings. The third-order valence-corrected chi connectivity index (χ3v) is 3.86. The molecule has 0 aromatic carbocycles. The first-order valence-corrected chi connectivity index (χ1v) is 7.09. The summed E-state index contributed by atoms with van der Waals surface area (Å²) in [4.78, 5) is 10.6. The highest BCUT2D eigenvalue weighted by Gasteiger charge is 2.13. The van der Waals surface area contributed by atoms with Gasteiger partial charge in [-0.1, -0.05) is 23.2 Å². The number of pyridine rings is 1. The predicted molar refractivity (Wildman–Crippen MR) is 81.0 cm³/mol. The molecule has 2 rings (SSSR count). The first-order valence-electron chi connectivity index (χ1n) is 5.46. The highest BCUT2D eigenvalue weighted by atomic mass is 35.5. The average molecular weight is 318 g/mol. The zero-order valence-electron chi connectivity index (χ0n) is 10.4. The standard InChI is InChI=1S/C11H13Cl2N5S/c1-6-15-7(5-19-6)4-18(2)11-9(13)3-8(12)10(16-11)17-14/h3,5H,4,14H2,1-2H3,(H,16,17). The maximum absolute atomic E-state index is 6.15. The fourth-order valence-electron chi connectivity index (χ4n) is 1.62. The summed E-state index contributed by atoms with van der Waals surface area (Å²) in [6.07, 6.45) is 0. The highest BCUT2D eigenvalue weighted by Crippen LogP contribution is 2.31. The molecule has 0 radical (unpaired) electrons. The van der Waals surface area contributed by atoms with Gasteiger partial charge in [-0.3, -0.25) is 0 Å². The first kappa shape index (κ1) is 14.3. The number of nitrogens with two attached hydrogens (primary N) is 1. The van der Waals surface area contributed by atoms with Gasteiger partial charge in [-0.2, -0.15) is 0 Å². The second kappa shape index (κ2) is 5.92. The zero-order chi connectivity index (χ0) is 14.0. The van der Waals surface area contributed by atoms with E-state index in [1.54, 1.807) is 17.4 Å². The minimum Gasteiger partial charge on any atom is -0.352 e. The Labute approximate surface area is 125 Å². The van der Waals surface area contributed by atoms with Crippen molar-refractivity contribution in [2.24, 2.45) is 5.84 Å². The Kier molecular flexibility index (Phi) is 4.46. The van der Waals surface area contributed by atoms with Gasteiger partial charge in [0.1, 0.15) is 5.82 Å². The molecule has 0 aliphatic heterocycles. The number of nitrogens with zero attached hydrogens (tertiary/aromatic N) is 3. The maximum atomic E-state index is 6.15. The van der Waals surface area contributed by atoms with Gasteiger partial charge in [-0.15, -0.1) is 11.3 Å². The van der Waals surface area contributed by atoms with Crippen molar-refractivity contribution >= 4 is 46.2 Å². The third-order valence-electron chi connectivity index (χ3n) is 2.48. The van der Waals surface area contributed by atoms with E-state index in [1.807, 2.05) is 24.3 Å². The van der Waals surface area contributed by atoms with Crippen LogP contribution < -0.4 is 16.2 Å². The van der Waals surface area contributed by atoms with Crippen molar-refractivity contribution in [1.82, 2.24) is 9.97 Å². The number of hydrazine groups is 1. The molecule has 0 bridgehead atoms. The zero-order valence-corrected chi connectivity index (χ0v) is 12.8. The number of anilines is 2. The summed E-state index contributed by atoms with van der Waals surface area (Å²) >= 11 is 13.7. The lowest BCUT2D eigenvalue weighted by atomic mass is 10.3. The number of aromatic nitrogens is 2. The second-order valence-electron chi connectivity index (χ2n) is 3.98. The van der Waals surface area contributed by atoms with Crippen molar-refractivity contribution in [2.75, 3.05) is 17.4 Å². The molecule has 0 aliphatic carbocycles. The molecule has 0 unspecified atom stereocenters. The van der Waals surface area contributed by atoms with Gasteiger partial charge in [-0.05, 0) is 13.0 Å². The number of halogens is 2. The van der Waals surface area contributed by atoms with Crippen LogP contribution in [0.25, 0.3) is 0 Å². The SMILES string of the molecule is Cc1nc(CN(C)c2nc(NN)c(Cl)cc2Cl)cs1. The van der Waals surface area contributed by atoms with Crippen LogP contribution in [0.1, 0.15) is 10.7 Å². The van der Waals surface area contributed by atoms with E-state index < -0.39 is 0 Å². The molecule has 0 saturated heterocycles. The molecule has 3 N–H and O–H groups in total. The number of rotatable bonds is 4. The molecular weight excluding hydrogens is 305 g/mol. The number of nitrogen functional groups attached to an aromatic ring is 1. The summed E-state index contributed by atoms with van der Waals surface area (Å²) in [5, 5.41) is 3.90. The van der Waals surface area contributed by atoms with Crippen molar-refractivity contribution < 1.29 is 0 Å². The Balaban J connectivity index is 2.25. The Morgan fingerprint density at radius 3 is 2.68 bits per heavy atom. The number of nitrogens with one attached hydrogen (secondary N) is 1. The fraction of sp³-hybridized carbons (Fsp3) is 0.273. The molecule has 19 heavy (non-hydrogen) atoms. The van der Waals surface area contributed by atoms with Gasteiger partial charge in [0.15, 0.2) is 5.82 Å². The van der Waals surface area contributed by atoms with Crippen molar-refractivity contribution in [2.45, 2.75) is 13.5 Å². The molecule has 102 valence electrons. The van der Waals surface area contributed by atoms with Gasteiger partial charge in [-0.25, -0.2) is 15.8 Å². The van der Waals surface area contributed by atoms with Crippen LogP contribution in [0, 0.1) is 6.92 Å². The Morgan fingerprint density at radius 1 is 1.37 bits per heavy atom. The summed E-state index contributed by atoms with van der Waals surface area (Å²) in [7, 11) is 1.89. The van der Waals surface area contributed by atoms with Crippen LogP contribution in [-0.4, -0.2) is 17.0 Å². The second-order valence-corrected chi connectivity index (χ2v) is 5.86. The van der Waals surface area contributed by atoms with E-state index in [2.05, 4.69) is 15.4 Å². The number of thiazole rings is 1. The summed E-state index contributed by atoms with van der Waals surface area (Å²) in [6.45, 7) is 2.58. The van der Waals surface area contributed by atoms with E-state index in [9.17, 15) is 0 Å². The number of hydrogen-bond acceptors (Lipinski definition) is 6. The van der Waals surface area contributed by atoms with Gasteiger partial charge in [0.05, 0.1) is 27.3 Å². The Morgan fingerprint density at radius 2 is 2.11 bits per heavy atom. The van der Waals surface area contributed by atoms with E-state index in [1.165, 1.54) is 0 Å². The number of aryl methyl sites for hydroxylation is 1. The van der Waals surface area contributed by atoms with Crippen LogP contribution >= 0.6 is 34.5 Å². The maximum Gasteiger partial charge on any atom is 0.161 e. The van der Waals surface area contributed by atoms with Gasteiger partial charge in [0.2, 0.25) is 0 Å². The van der Waals surface area contributed by atoms with E-state index in [0.29, 0.717) is 28.2 Å². The van der Waals surface area contributed by atoms with Crippen LogP contribution in [0.4, 0.5) is 11.6 Å². The Bertz CT molecular complexity index is 586. The summed E-state index contributed by atoms with van der Waals surface area (Å²) < 4.78 is 0. The minimum atomic E-state index is 0.383. The molecule has 5 nitrogen and oxygen atoms in total. The minimum absolute atomic E-state index is 0.383. The number of hydrogen-bond donors (Lipinski definition) is 2. The van der Waals surface area contributed by atoms with E-state index in [0.717, 1.165) is 10.7 Å². The van der Waals surface area contributed by atoms with Crippen LogP contribution in [-0.2, 0) is 6.54 Å². The lowest BCUT2D eigenvalue weighted by Crippen LogP contribution is -2.20. The lowest BCUT2D eigenvalue weighted by molar-refractivity contribution is 0.870. The molecule has 2 aromatic heterocycles. The Hall–Kier alpha value is -1.08. The van der Waals surface area contributed by atoms with E-state index >= 15 is 0 Å². The smallest absolute Gasteiger partial charge is 0.161 e. The molecule has 8 heteroatoms. The van der Waals surface area contributed by atoms with Crippen LogP contribution in [0.2, 0.25) is 10.0 Å². The largest absolute Gasteiger partial charge is 0.352 e. The lowest BCUT2D eigenvalue weighted by Gasteiger charge is -2.19.